The molecule has 0 N–H and O–H groups in total. The molecule has 0 rings (SSSR count). The van der Waals surface area contributed by atoms with Crippen LogP contribution < -0.4 is 29.6 Å². The molecule has 5 nitrogen and oxygen atoms in total. The maximum Gasteiger partial charge on any atom is 1.00 e. The van der Waals surface area contributed by atoms with E-state index in [1.165, 1.54) is 5.01 Å². The molecule has 0 atom stereocenters. The van der Waals surface area contributed by atoms with Crippen LogP contribution in [0.3, 0.4) is 0 Å². The van der Waals surface area contributed by atoms with Crippen molar-refractivity contribution in [3.63, 3.8) is 0 Å². The van der Waals surface area contributed by atoms with Crippen LogP contribution >= 0.6 is 0 Å². The average Bonchev–Trinajstić information content (AvgIpc) is 1.88. The minimum Gasteiger partial charge on any atom is -0.737 e. The van der Waals surface area contributed by atoms with Gasteiger partial charge in [0, 0.05) is 4.97 Å². The quantitative estimate of drug-likeness (QED) is 0.214. The molecule has 0 unspecified atom stereocenters. The number of hydrogen-bond donors (Lipinski definition) is 0. The Morgan fingerprint density at radius 2 is 2.00 bits per heavy atom. The molecule has 0 heterocycles. The van der Waals surface area contributed by atoms with E-state index in [9.17, 15) is 10.4 Å². The molecule has 0 radical (unpaired) electrons. The van der Waals surface area contributed by atoms with Crippen molar-refractivity contribution < 1.29 is 34.5 Å². The summed E-state index contributed by atoms with van der Waals surface area (Å²) in [5.74, 6) is 0. The van der Waals surface area contributed by atoms with E-state index < -0.39 is 0 Å². The SMILES string of the molecule is CCN(C(C)C)[N+]([O-])=N[O-].[Na+]. The van der Waals surface area contributed by atoms with Gasteiger partial charge in [-0.15, -0.1) is 5.01 Å². The first-order chi connectivity index (χ1) is 4.63. The normalized spacial score (nSPS) is 11.1. The van der Waals surface area contributed by atoms with E-state index in [4.69, 9.17) is 0 Å². The molecule has 0 aliphatic heterocycles. The largest absolute Gasteiger partial charge is 1.00 e. The van der Waals surface area contributed by atoms with Crippen LogP contribution in [0.5, 0.6) is 0 Å². The smallest absolute Gasteiger partial charge is 0.737 e. The molecule has 0 saturated carbocycles. The van der Waals surface area contributed by atoms with E-state index in [0.29, 0.717) is 6.54 Å². The van der Waals surface area contributed by atoms with Crippen molar-refractivity contribution >= 4 is 0 Å². The second-order valence-electron chi connectivity index (χ2n) is 2.18. The molecular formula is C5H12N3NaO2. The van der Waals surface area contributed by atoms with Crippen LogP contribution in [0.1, 0.15) is 20.8 Å². The minimum absolute atomic E-state index is 0. The maximum atomic E-state index is 10.5. The zero-order valence-corrected chi connectivity index (χ0v) is 9.44. The van der Waals surface area contributed by atoms with Gasteiger partial charge >= 0.3 is 29.6 Å². The van der Waals surface area contributed by atoms with Crippen LogP contribution in [-0.4, -0.2) is 22.6 Å². The fourth-order valence-corrected chi connectivity index (χ4v) is 0.731. The topological polar surface area (TPSA) is 64.7 Å². The number of nitrogens with zero attached hydrogens (tertiary/aromatic N) is 3. The van der Waals surface area contributed by atoms with Crippen molar-refractivity contribution in [3.8, 4) is 0 Å². The Labute approximate surface area is 88.5 Å². The molecule has 0 fully saturated rings. The second kappa shape index (κ2) is 6.69. The van der Waals surface area contributed by atoms with Crippen LogP contribution in [-0.2, 0) is 0 Å². The standard InChI is InChI=1S/C5H13N3O2.Na/c1-4-7(5(2)3)8(10)6-9;/h5,9H,4H2,1-3H3;/q;+1/p-1. The first-order valence-corrected chi connectivity index (χ1v) is 3.20. The summed E-state index contributed by atoms with van der Waals surface area (Å²) in [6.07, 6.45) is 0. The van der Waals surface area contributed by atoms with Crippen LogP contribution in [0.4, 0.5) is 0 Å². The average molecular weight is 169 g/mol. The summed E-state index contributed by atoms with van der Waals surface area (Å²) in [4.78, 5) is 0.0741. The number of hydrogen-bond acceptors (Lipinski definition) is 3. The maximum absolute atomic E-state index is 10.5. The van der Waals surface area contributed by atoms with E-state index in [0.717, 1.165) is 0 Å². The van der Waals surface area contributed by atoms with Crippen LogP contribution in [0.2, 0.25) is 0 Å². The van der Waals surface area contributed by atoms with Crippen molar-refractivity contribution in [2.75, 3.05) is 6.54 Å². The van der Waals surface area contributed by atoms with Gasteiger partial charge in [-0.2, -0.15) is 0 Å². The Bertz CT molecular complexity index is 129. The third-order valence-electron chi connectivity index (χ3n) is 1.21. The fraction of sp³-hybridized carbons (Fsp3) is 1.00. The number of hydrazine groups is 1. The van der Waals surface area contributed by atoms with E-state index in [1.807, 2.05) is 13.8 Å². The second-order valence-corrected chi connectivity index (χ2v) is 2.18. The van der Waals surface area contributed by atoms with Crippen LogP contribution in [0.25, 0.3) is 0 Å². The Hall–Kier alpha value is 0. The summed E-state index contributed by atoms with van der Waals surface area (Å²) < 4.78 is 0. The van der Waals surface area contributed by atoms with Crippen molar-refractivity contribution in [3.05, 3.63) is 10.4 Å². The molecule has 0 aliphatic rings. The molecule has 0 amide bonds. The molecule has 0 saturated heterocycles. The van der Waals surface area contributed by atoms with Crippen molar-refractivity contribution in [1.29, 1.82) is 0 Å². The molecule has 11 heavy (non-hydrogen) atoms. The van der Waals surface area contributed by atoms with Gasteiger partial charge < -0.3 is 10.4 Å². The third-order valence-corrected chi connectivity index (χ3v) is 1.21. The molecule has 0 aliphatic carbocycles. The molecule has 0 aromatic rings. The Balaban J connectivity index is 0. The zero-order valence-electron chi connectivity index (χ0n) is 7.44. The fourth-order valence-electron chi connectivity index (χ4n) is 0.731. The van der Waals surface area contributed by atoms with Crippen LogP contribution in [0.15, 0.2) is 5.28 Å². The summed E-state index contributed by atoms with van der Waals surface area (Å²) in [7, 11) is 0. The molecule has 0 aromatic carbocycles. The molecule has 60 valence electrons. The van der Waals surface area contributed by atoms with Gasteiger partial charge in [-0.3, -0.25) is 0 Å². The summed E-state index contributed by atoms with van der Waals surface area (Å²) >= 11 is 0. The Morgan fingerprint density at radius 1 is 1.55 bits per heavy atom. The molecule has 0 spiro atoms. The van der Waals surface area contributed by atoms with Gasteiger partial charge in [0.2, 0.25) is 0 Å². The summed E-state index contributed by atoms with van der Waals surface area (Å²) in [5.41, 5.74) is 0. The zero-order chi connectivity index (χ0) is 8.15. The molecule has 0 aromatic heterocycles. The summed E-state index contributed by atoms with van der Waals surface area (Å²) in [5, 5.41) is 23.8. The van der Waals surface area contributed by atoms with E-state index in [1.54, 1.807) is 6.92 Å². The van der Waals surface area contributed by atoms with Gasteiger partial charge in [-0.1, -0.05) is 0 Å². The van der Waals surface area contributed by atoms with Gasteiger partial charge in [-0.05, 0) is 26.0 Å². The Morgan fingerprint density at radius 3 is 2.09 bits per heavy atom. The van der Waals surface area contributed by atoms with Gasteiger partial charge in [0.05, 0.1) is 12.6 Å². The Kier molecular flexibility index (Phi) is 8.26. The monoisotopic (exact) mass is 169 g/mol. The first-order valence-electron chi connectivity index (χ1n) is 3.20. The van der Waals surface area contributed by atoms with Gasteiger partial charge in [-0.25, -0.2) is 0 Å². The number of rotatable bonds is 3. The van der Waals surface area contributed by atoms with Crippen LogP contribution in [0, 0.1) is 10.4 Å². The van der Waals surface area contributed by atoms with E-state index >= 15 is 0 Å². The summed E-state index contributed by atoms with van der Waals surface area (Å²) in [6, 6.07) is 0.0141. The van der Waals surface area contributed by atoms with Crippen molar-refractivity contribution in [1.82, 2.24) is 5.01 Å². The molecular weight excluding hydrogens is 157 g/mol. The van der Waals surface area contributed by atoms with E-state index in [-0.39, 0.29) is 40.6 Å². The summed E-state index contributed by atoms with van der Waals surface area (Å²) in [6.45, 7) is 5.92. The van der Waals surface area contributed by atoms with Gasteiger partial charge in [0.1, 0.15) is 0 Å². The van der Waals surface area contributed by atoms with Gasteiger partial charge in [0.15, 0.2) is 0 Å². The van der Waals surface area contributed by atoms with Gasteiger partial charge in [0.25, 0.3) is 0 Å². The molecule has 6 heteroatoms. The third kappa shape index (κ3) is 4.44. The first kappa shape index (κ1) is 13.6. The van der Waals surface area contributed by atoms with E-state index in [2.05, 4.69) is 5.28 Å². The van der Waals surface area contributed by atoms with Crippen molar-refractivity contribution in [2.45, 2.75) is 26.8 Å². The van der Waals surface area contributed by atoms with Crippen molar-refractivity contribution in [2.24, 2.45) is 5.28 Å². The minimum atomic E-state index is 0. The molecule has 0 bridgehead atoms. The predicted octanol–water partition coefficient (Wildman–Crippen LogP) is -1.90. The predicted molar refractivity (Wildman–Crippen MR) is 36.9 cm³/mol.